The van der Waals surface area contributed by atoms with Gasteiger partial charge in [-0.2, -0.15) is 0 Å². The molecule has 1 unspecified atom stereocenters. The second-order valence-corrected chi connectivity index (χ2v) is 7.16. The number of aryl methyl sites for hydroxylation is 1. The van der Waals surface area contributed by atoms with Gasteiger partial charge in [0, 0.05) is 30.2 Å². The van der Waals surface area contributed by atoms with Crippen LogP contribution in [-0.4, -0.2) is 41.5 Å². The lowest BCUT2D eigenvalue weighted by Crippen LogP contribution is -2.43. The number of nitrogens with zero attached hydrogens (tertiary/aromatic N) is 2. The molecule has 2 aliphatic heterocycles. The zero-order valence-corrected chi connectivity index (χ0v) is 14.3. The van der Waals surface area contributed by atoms with Gasteiger partial charge in [0.05, 0.1) is 11.1 Å². The lowest BCUT2D eigenvalue weighted by atomic mass is 9.88. The molecule has 4 nitrogen and oxygen atoms in total. The van der Waals surface area contributed by atoms with Gasteiger partial charge in [-0.1, -0.05) is 18.2 Å². The fourth-order valence-corrected chi connectivity index (χ4v) is 4.27. The minimum Gasteiger partial charge on any atom is -0.339 e. The number of likely N-dealkylation sites (tertiary alicyclic amines) is 1. The Labute approximate surface area is 143 Å². The zero-order valence-electron chi connectivity index (χ0n) is 14.3. The Hall–Kier alpha value is -1.94. The van der Waals surface area contributed by atoms with Gasteiger partial charge in [-0.25, -0.2) is 0 Å². The van der Waals surface area contributed by atoms with E-state index in [4.69, 9.17) is 0 Å². The van der Waals surface area contributed by atoms with Crippen molar-refractivity contribution in [2.75, 3.05) is 19.6 Å². The number of piperidine rings is 1. The number of carbonyl (C=O) groups excluding carboxylic acids is 1. The van der Waals surface area contributed by atoms with Crippen LogP contribution in [0.15, 0.2) is 30.3 Å². The van der Waals surface area contributed by atoms with Crippen LogP contribution in [-0.2, 0) is 0 Å². The van der Waals surface area contributed by atoms with Gasteiger partial charge in [-0.15, -0.1) is 0 Å². The Morgan fingerprint density at radius 3 is 2.75 bits per heavy atom. The fourth-order valence-electron chi connectivity index (χ4n) is 4.27. The summed E-state index contributed by atoms with van der Waals surface area (Å²) in [5, 5.41) is 4.59. The largest absolute Gasteiger partial charge is 0.339 e. The topological polar surface area (TPSA) is 45.2 Å². The number of hydrogen-bond donors (Lipinski definition) is 1. The third-order valence-electron chi connectivity index (χ3n) is 5.57. The standard InChI is InChI=1S/C20H25N3O/c1-14-13-17(16-5-2-3-6-19(16)22-14)20(24)23-11-8-15(9-12-23)18-7-4-10-21-18/h2-3,5-6,13,15,18,21H,4,7-12H2,1H3. The van der Waals surface area contributed by atoms with E-state index in [-0.39, 0.29) is 5.91 Å². The first-order valence-electron chi connectivity index (χ1n) is 9.11. The summed E-state index contributed by atoms with van der Waals surface area (Å²) in [5.41, 5.74) is 2.61. The number of amides is 1. The van der Waals surface area contributed by atoms with Crippen LogP contribution in [0.1, 0.15) is 41.7 Å². The number of aromatic nitrogens is 1. The van der Waals surface area contributed by atoms with Crippen molar-refractivity contribution < 1.29 is 4.79 Å². The summed E-state index contributed by atoms with van der Waals surface area (Å²) >= 11 is 0. The summed E-state index contributed by atoms with van der Waals surface area (Å²) < 4.78 is 0. The highest BCUT2D eigenvalue weighted by atomic mass is 16.2. The average Bonchev–Trinajstić information content (AvgIpc) is 3.15. The molecule has 0 bridgehead atoms. The molecule has 0 spiro atoms. The Kier molecular flexibility index (Phi) is 4.23. The zero-order chi connectivity index (χ0) is 16.5. The molecule has 2 fully saturated rings. The van der Waals surface area contributed by atoms with Crippen molar-refractivity contribution in [1.82, 2.24) is 15.2 Å². The molecule has 0 aliphatic carbocycles. The molecular weight excluding hydrogens is 298 g/mol. The van der Waals surface area contributed by atoms with E-state index in [0.717, 1.165) is 60.6 Å². The average molecular weight is 323 g/mol. The first kappa shape index (κ1) is 15.6. The molecule has 24 heavy (non-hydrogen) atoms. The second kappa shape index (κ2) is 6.52. The van der Waals surface area contributed by atoms with E-state index < -0.39 is 0 Å². The van der Waals surface area contributed by atoms with E-state index in [0.29, 0.717) is 6.04 Å². The van der Waals surface area contributed by atoms with Gasteiger partial charge < -0.3 is 10.2 Å². The van der Waals surface area contributed by atoms with Crippen molar-refractivity contribution >= 4 is 16.8 Å². The van der Waals surface area contributed by atoms with Crippen LogP contribution in [0.3, 0.4) is 0 Å². The van der Waals surface area contributed by atoms with Gasteiger partial charge in [0.25, 0.3) is 5.91 Å². The van der Waals surface area contributed by atoms with Crippen molar-refractivity contribution in [3.63, 3.8) is 0 Å². The molecule has 3 heterocycles. The molecule has 2 saturated heterocycles. The third kappa shape index (κ3) is 2.91. The monoisotopic (exact) mass is 323 g/mol. The number of pyridine rings is 1. The maximum atomic E-state index is 13.1. The predicted octanol–water partition coefficient (Wildman–Crippen LogP) is 3.15. The first-order chi connectivity index (χ1) is 11.7. The van der Waals surface area contributed by atoms with E-state index in [1.54, 1.807) is 0 Å². The van der Waals surface area contributed by atoms with Gasteiger partial charge in [-0.05, 0) is 57.2 Å². The predicted molar refractivity (Wildman–Crippen MR) is 96.1 cm³/mol. The maximum Gasteiger partial charge on any atom is 0.254 e. The number of rotatable bonds is 2. The van der Waals surface area contributed by atoms with Crippen molar-refractivity contribution in [2.45, 2.75) is 38.6 Å². The van der Waals surface area contributed by atoms with Crippen molar-refractivity contribution in [3.8, 4) is 0 Å². The number of para-hydroxylation sites is 1. The molecule has 2 aromatic rings. The van der Waals surface area contributed by atoms with Crippen LogP contribution in [0.5, 0.6) is 0 Å². The fraction of sp³-hybridized carbons (Fsp3) is 0.500. The van der Waals surface area contributed by atoms with E-state index >= 15 is 0 Å². The van der Waals surface area contributed by atoms with Gasteiger partial charge in [0.1, 0.15) is 0 Å². The van der Waals surface area contributed by atoms with Gasteiger partial charge >= 0.3 is 0 Å². The SMILES string of the molecule is Cc1cc(C(=O)N2CCC(C3CCCN3)CC2)c2ccccc2n1. The Morgan fingerprint density at radius 1 is 1.21 bits per heavy atom. The van der Waals surface area contributed by atoms with Crippen LogP contribution in [0.25, 0.3) is 10.9 Å². The van der Waals surface area contributed by atoms with E-state index in [1.807, 2.05) is 42.2 Å². The van der Waals surface area contributed by atoms with Crippen LogP contribution < -0.4 is 5.32 Å². The molecule has 1 amide bonds. The molecule has 126 valence electrons. The van der Waals surface area contributed by atoms with Crippen LogP contribution in [0.4, 0.5) is 0 Å². The number of nitrogens with one attached hydrogen (secondary N) is 1. The van der Waals surface area contributed by atoms with Crippen LogP contribution >= 0.6 is 0 Å². The Bertz CT molecular complexity index is 744. The molecule has 0 saturated carbocycles. The summed E-state index contributed by atoms with van der Waals surface area (Å²) in [4.78, 5) is 19.7. The van der Waals surface area contributed by atoms with E-state index in [2.05, 4.69) is 10.3 Å². The maximum absolute atomic E-state index is 13.1. The van der Waals surface area contributed by atoms with Gasteiger partial charge in [0.2, 0.25) is 0 Å². The second-order valence-electron chi connectivity index (χ2n) is 7.16. The molecule has 1 aromatic heterocycles. The number of benzene rings is 1. The summed E-state index contributed by atoms with van der Waals surface area (Å²) in [5.74, 6) is 0.891. The minimum atomic E-state index is 0.162. The molecule has 1 atom stereocenters. The summed E-state index contributed by atoms with van der Waals surface area (Å²) in [6, 6.07) is 10.6. The Morgan fingerprint density at radius 2 is 2.00 bits per heavy atom. The Balaban J connectivity index is 1.52. The highest BCUT2D eigenvalue weighted by molar-refractivity contribution is 6.06. The number of carbonyl (C=O) groups is 1. The van der Waals surface area contributed by atoms with Gasteiger partial charge in [-0.3, -0.25) is 9.78 Å². The molecule has 1 N–H and O–H groups in total. The number of fused-ring (bicyclic) bond motifs is 1. The first-order valence-corrected chi connectivity index (χ1v) is 9.11. The molecule has 4 heteroatoms. The van der Waals surface area contributed by atoms with Crippen molar-refractivity contribution in [3.05, 3.63) is 41.6 Å². The van der Waals surface area contributed by atoms with Crippen molar-refractivity contribution in [1.29, 1.82) is 0 Å². The quantitative estimate of drug-likeness (QED) is 0.923. The summed E-state index contributed by atoms with van der Waals surface area (Å²) in [7, 11) is 0. The normalized spacial score (nSPS) is 22.2. The molecular formula is C20H25N3O. The summed E-state index contributed by atoms with van der Waals surface area (Å²) in [6.07, 6.45) is 4.83. The lowest BCUT2D eigenvalue weighted by Gasteiger charge is -2.35. The van der Waals surface area contributed by atoms with E-state index in [9.17, 15) is 4.79 Å². The van der Waals surface area contributed by atoms with E-state index in [1.165, 1.54) is 12.8 Å². The molecule has 4 rings (SSSR count). The van der Waals surface area contributed by atoms with Crippen LogP contribution in [0, 0.1) is 12.8 Å². The molecule has 2 aliphatic rings. The number of hydrogen-bond acceptors (Lipinski definition) is 3. The van der Waals surface area contributed by atoms with Crippen molar-refractivity contribution in [2.24, 2.45) is 5.92 Å². The van der Waals surface area contributed by atoms with Crippen LogP contribution in [0.2, 0.25) is 0 Å². The molecule has 1 aromatic carbocycles. The lowest BCUT2D eigenvalue weighted by molar-refractivity contribution is 0.0676. The minimum absolute atomic E-state index is 0.162. The highest BCUT2D eigenvalue weighted by Crippen LogP contribution is 2.27. The highest BCUT2D eigenvalue weighted by Gasteiger charge is 2.30. The smallest absolute Gasteiger partial charge is 0.254 e. The summed E-state index contributed by atoms with van der Waals surface area (Å²) in [6.45, 7) is 4.86. The molecule has 0 radical (unpaired) electrons. The van der Waals surface area contributed by atoms with Gasteiger partial charge in [0.15, 0.2) is 0 Å². The third-order valence-corrected chi connectivity index (χ3v) is 5.57.